The summed E-state index contributed by atoms with van der Waals surface area (Å²) < 4.78 is 6.20. The number of hydrogen-bond acceptors (Lipinski definition) is 3. The first-order chi connectivity index (χ1) is 7.69. The molecule has 0 radical (unpaired) electrons. The first-order valence-corrected chi connectivity index (χ1v) is 6.09. The number of nitrogens with one attached hydrogen (secondary N) is 1. The first kappa shape index (κ1) is 13.5. The van der Waals surface area contributed by atoms with Gasteiger partial charge in [-0.25, -0.2) is 0 Å². The minimum absolute atomic E-state index is 0.195. The van der Waals surface area contributed by atoms with Crippen LogP contribution in [0.1, 0.15) is 12.5 Å². The van der Waals surface area contributed by atoms with Crippen molar-refractivity contribution >= 4 is 21.6 Å². The molecule has 2 N–H and O–H groups in total. The fraction of sp³-hybridized carbons (Fsp3) is 0.500. The van der Waals surface area contributed by atoms with Crippen molar-refractivity contribution in [2.24, 2.45) is 5.92 Å². The van der Waals surface area contributed by atoms with Gasteiger partial charge in [-0.3, -0.25) is 0 Å². The lowest BCUT2D eigenvalue weighted by Gasteiger charge is -2.15. The predicted octanol–water partition coefficient (Wildman–Crippen LogP) is 2.64. The van der Waals surface area contributed by atoms with Crippen molar-refractivity contribution < 1.29 is 9.84 Å². The second-order valence-corrected chi connectivity index (χ2v) is 4.72. The maximum Gasteiger partial charge on any atom is 0.0744 e. The van der Waals surface area contributed by atoms with Crippen molar-refractivity contribution in [3.63, 3.8) is 0 Å². The van der Waals surface area contributed by atoms with E-state index in [1.807, 2.05) is 25.1 Å². The summed E-state index contributed by atoms with van der Waals surface area (Å²) in [5.74, 6) is 0.245. The highest BCUT2D eigenvalue weighted by Crippen LogP contribution is 2.25. The highest BCUT2D eigenvalue weighted by molar-refractivity contribution is 9.10. The SMILES string of the molecule is COCc1c(Br)cccc1NCC(C)CO. The molecule has 1 atom stereocenters. The van der Waals surface area contributed by atoms with Gasteiger partial charge in [0.1, 0.15) is 0 Å². The van der Waals surface area contributed by atoms with Gasteiger partial charge in [-0.15, -0.1) is 0 Å². The molecule has 0 aliphatic heterocycles. The number of aliphatic hydroxyl groups is 1. The number of rotatable bonds is 6. The molecule has 16 heavy (non-hydrogen) atoms. The van der Waals surface area contributed by atoms with Crippen LogP contribution in [0.3, 0.4) is 0 Å². The van der Waals surface area contributed by atoms with Gasteiger partial charge in [0.15, 0.2) is 0 Å². The van der Waals surface area contributed by atoms with E-state index < -0.39 is 0 Å². The van der Waals surface area contributed by atoms with E-state index in [0.717, 1.165) is 22.3 Å². The molecule has 0 spiro atoms. The maximum atomic E-state index is 8.97. The largest absolute Gasteiger partial charge is 0.396 e. The van der Waals surface area contributed by atoms with E-state index in [9.17, 15) is 0 Å². The Morgan fingerprint density at radius 2 is 2.25 bits per heavy atom. The molecule has 0 saturated carbocycles. The summed E-state index contributed by atoms with van der Waals surface area (Å²) in [5.41, 5.74) is 2.16. The zero-order chi connectivity index (χ0) is 12.0. The molecule has 3 nitrogen and oxygen atoms in total. The molecule has 0 saturated heterocycles. The van der Waals surface area contributed by atoms with Gasteiger partial charge in [0.05, 0.1) is 6.61 Å². The standard InChI is InChI=1S/C12H18BrNO2/c1-9(7-15)6-14-12-5-3-4-11(13)10(12)8-16-2/h3-5,9,14-15H,6-8H2,1-2H3. The van der Waals surface area contributed by atoms with Crippen LogP contribution < -0.4 is 5.32 Å². The molecule has 1 aromatic rings. The molecular weight excluding hydrogens is 270 g/mol. The number of benzene rings is 1. The molecule has 1 unspecified atom stereocenters. The van der Waals surface area contributed by atoms with Gasteiger partial charge < -0.3 is 15.2 Å². The quantitative estimate of drug-likeness (QED) is 0.845. The third kappa shape index (κ3) is 3.77. The average Bonchev–Trinajstić information content (AvgIpc) is 2.29. The van der Waals surface area contributed by atoms with Gasteiger partial charge in [-0.1, -0.05) is 28.9 Å². The number of halogens is 1. The lowest BCUT2D eigenvalue weighted by atomic mass is 10.1. The van der Waals surface area contributed by atoms with Crippen LogP contribution in [0.4, 0.5) is 5.69 Å². The number of anilines is 1. The Kier molecular flexibility index (Phi) is 5.80. The maximum absolute atomic E-state index is 8.97. The lowest BCUT2D eigenvalue weighted by Crippen LogP contribution is -2.15. The normalized spacial score (nSPS) is 12.5. The van der Waals surface area contributed by atoms with Crippen molar-refractivity contribution in [2.45, 2.75) is 13.5 Å². The van der Waals surface area contributed by atoms with E-state index in [1.54, 1.807) is 7.11 Å². The van der Waals surface area contributed by atoms with E-state index in [2.05, 4.69) is 21.2 Å². The topological polar surface area (TPSA) is 41.5 Å². The van der Waals surface area contributed by atoms with Gasteiger partial charge >= 0.3 is 0 Å². The predicted molar refractivity (Wildman–Crippen MR) is 69.6 cm³/mol. The Morgan fingerprint density at radius 1 is 1.50 bits per heavy atom. The highest BCUT2D eigenvalue weighted by atomic mass is 79.9. The molecule has 0 amide bonds. The van der Waals surface area contributed by atoms with Crippen LogP contribution in [0.2, 0.25) is 0 Å². The third-order valence-electron chi connectivity index (χ3n) is 2.36. The van der Waals surface area contributed by atoms with E-state index in [1.165, 1.54) is 0 Å². The molecule has 0 fully saturated rings. The Hall–Kier alpha value is -0.580. The molecular formula is C12H18BrNO2. The minimum Gasteiger partial charge on any atom is -0.396 e. The van der Waals surface area contributed by atoms with Crippen LogP contribution in [-0.4, -0.2) is 25.4 Å². The smallest absolute Gasteiger partial charge is 0.0744 e. The Morgan fingerprint density at radius 3 is 2.88 bits per heavy atom. The van der Waals surface area contributed by atoms with Crippen molar-refractivity contribution in [2.75, 3.05) is 25.6 Å². The van der Waals surface area contributed by atoms with Crippen molar-refractivity contribution in [1.29, 1.82) is 0 Å². The highest BCUT2D eigenvalue weighted by Gasteiger charge is 2.07. The zero-order valence-corrected chi connectivity index (χ0v) is 11.3. The third-order valence-corrected chi connectivity index (χ3v) is 3.10. The minimum atomic E-state index is 0.195. The van der Waals surface area contributed by atoms with Gasteiger partial charge in [-0.2, -0.15) is 0 Å². The van der Waals surface area contributed by atoms with Gasteiger partial charge in [0.2, 0.25) is 0 Å². The molecule has 1 aromatic carbocycles. The second kappa shape index (κ2) is 6.89. The van der Waals surface area contributed by atoms with Crippen molar-refractivity contribution in [1.82, 2.24) is 0 Å². The number of aliphatic hydroxyl groups excluding tert-OH is 1. The fourth-order valence-electron chi connectivity index (χ4n) is 1.36. The summed E-state index contributed by atoms with van der Waals surface area (Å²) >= 11 is 3.50. The zero-order valence-electron chi connectivity index (χ0n) is 9.66. The number of ether oxygens (including phenoxy) is 1. The summed E-state index contributed by atoms with van der Waals surface area (Å²) in [6.07, 6.45) is 0. The Labute approximate surface area is 105 Å². The van der Waals surface area contributed by atoms with Crippen LogP contribution in [0, 0.1) is 5.92 Å². The summed E-state index contributed by atoms with van der Waals surface area (Å²) in [7, 11) is 1.68. The van der Waals surface area contributed by atoms with Crippen LogP contribution in [0.15, 0.2) is 22.7 Å². The van der Waals surface area contributed by atoms with Crippen molar-refractivity contribution in [3.05, 3.63) is 28.2 Å². The molecule has 0 aliphatic carbocycles. The van der Waals surface area contributed by atoms with E-state index in [4.69, 9.17) is 9.84 Å². The molecule has 0 bridgehead atoms. The number of hydrogen-bond donors (Lipinski definition) is 2. The van der Waals surface area contributed by atoms with Crippen LogP contribution in [-0.2, 0) is 11.3 Å². The van der Waals surface area contributed by atoms with Gasteiger partial charge in [-0.05, 0) is 18.1 Å². The Bertz CT molecular complexity index is 331. The molecule has 90 valence electrons. The molecule has 0 aromatic heterocycles. The van der Waals surface area contributed by atoms with Crippen LogP contribution in [0.5, 0.6) is 0 Å². The first-order valence-electron chi connectivity index (χ1n) is 5.30. The monoisotopic (exact) mass is 287 g/mol. The fourth-order valence-corrected chi connectivity index (χ4v) is 1.84. The lowest BCUT2D eigenvalue weighted by molar-refractivity contribution is 0.185. The molecule has 1 rings (SSSR count). The van der Waals surface area contributed by atoms with Crippen molar-refractivity contribution in [3.8, 4) is 0 Å². The average molecular weight is 288 g/mol. The summed E-state index contributed by atoms with van der Waals surface area (Å²) in [6, 6.07) is 5.99. The molecule has 4 heteroatoms. The van der Waals surface area contributed by atoms with E-state index in [-0.39, 0.29) is 12.5 Å². The van der Waals surface area contributed by atoms with Crippen LogP contribution in [0.25, 0.3) is 0 Å². The van der Waals surface area contributed by atoms with Gasteiger partial charge in [0.25, 0.3) is 0 Å². The van der Waals surface area contributed by atoms with Gasteiger partial charge in [0, 0.05) is 36.0 Å². The summed E-state index contributed by atoms with van der Waals surface area (Å²) in [6.45, 7) is 3.52. The summed E-state index contributed by atoms with van der Waals surface area (Å²) in [5, 5.41) is 12.3. The van der Waals surface area contributed by atoms with E-state index >= 15 is 0 Å². The second-order valence-electron chi connectivity index (χ2n) is 3.87. The Balaban J connectivity index is 2.74. The summed E-state index contributed by atoms with van der Waals surface area (Å²) in [4.78, 5) is 0. The number of methoxy groups -OCH3 is 1. The van der Waals surface area contributed by atoms with E-state index in [0.29, 0.717) is 6.61 Å². The molecule has 0 aliphatic rings. The van der Waals surface area contributed by atoms with Crippen LogP contribution >= 0.6 is 15.9 Å². The molecule has 0 heterocycles.